The molecule has 1 heterocycles. The molecule has 0 radical (unpaired) electrons. The van der Waals surface area contributed by atoms with Crippen molar-refractivity contribution >= 4 is 22.8 Å². The number of fused-ring (bicyclic) bond motifs is 1. The highest BCUT2D eigenvalue weighted by atomic mass is 16.5. The van der Waals surface area contributed by atoms with Gasteiger partial charge >= 0.3 is 11.6 Å². The number of carboxylic acids is 1. The van der Waals surface area contributed by atoms with Crippen LogP contribution in [-0.4, -0.2) is 23.1 Å². The third-order valence-electron chi connectivity index (χ3n) is 5.34. The first-order chi connectivity index (χ1) is 15.3. The van der Waals surface area contributed by atoms with Crippen LogP contribution < -0.4 is 15.7 Å². The summed E-state index contributed by atoms with van der Waals surface area (Å²) in [6.07, 6.45) is 1.77. The summed E-state index contributed by atoms with van der Waals surface area (Å²) in [7, 11) is 0. The average Bonchev–Trinajstić information content (AvgIpc) is 2.78. The molecule has 7 nitrogen and oxygen atoms in total. The molecule has 168 valence electrons. The second-order valence-corrected chi connectivity index (χ2v) is 7.71. The molecule has 0 aliphatic heterocycles. The van der Waals surface area contributed by atoms with Gasteiger partial charge in [-0.1, -0.05) is 43.7 Å². The zero-order valence-electron chi connectivity index (χ0n) is 18.4. The Labute approximate surface area is 186 Å². The van der Waals surface area contributed by atoms with Crippen LogP contribution in [0.1, 0.15) is 49.4 Å². The molecule has 0 spiro atoms. The summed E-state index contributed by atoms with van der Waals surface area (Å²) in [4.78, 5) is 36.4. The van der Waals surface area contributed by atoms with E-state index in [0.717, 1.165) is 30.2 Å². The molecule has 3 aromatic rings. The van der Waals surface area contributed by atoms with Crippen LogP contribution in [0.15, 0.2) is 57.7 Å². The van der Waals surface area contributed by atoms with Gasteiger partial charge in [0.1, 0.15) is 11.3 Å². The summed E-state index contributed by atoms with van der Waals surface area (Å²) < 4.78 is 11.3. The number of carbonyl (C=O) groups is 2. The number of amides is 1. The molecule has 2 N–H and O–H groups in total. The maximum atomic E-state index is 12.7. The largest absolute Gasteiger partial charge is 0.480 e. The van der Waals surface area contributed by atoms with Gasteiger partial charge in [-0.05, 0) is 49.9 Å². The zero-order valence-corrected chi connectivity index (χ0v) is 18.4. The van der Waals surface area contributed by atoms with Crippen molar-refractivity contribution in [1.29, 1.82) is 0 Å². The van der Waals surface area contributed by atoms with Crippen molar-refractivity contribution in [2.45, 2.75) is 52.2 Å². The van der Waals surface area contributed by atoms with E-state index in [1.54, 1.807) is 43.3 Å². The van der Waals surface area contributed by atoms with E-state index in [-0.39, 0.29) is 0 Å². The van der Waals surface area contributed by atoms with E-state index in [1.807, 2.05) is 6.07 Å². The molecule has 2 atom stereocenters. The molecular formula is C25H27NO6. The lowest BCUT2D eigenvalue weighted by molar-refractivity contribution is -0.143. The third-order valence-corrected chi connectivity index (χ3v) is 5.34. The van der Waals surface area contributed by atoms with Crippen molar-refractivity contribution in [2.24, 2.45) is 0 Å². The fraction of sp³-hybridized carbons (Fsp3) is 0.320. The number of carbonyl (C=O) groups excluding carboxylic acids is 1. The van der Waals surface area contributed by atoms with E-state index in [1.165, 1.54) is 13.0 Å². The number of nitrogens with one attached hydrogen (secondary N) is 1. The Morgan fingerprint density at radius 1 is 1.16 bits per heavy atom. The van der Waals surface area contributed by atoms with Crippen molar-refractivity contribution < 1.29 is 23.8 Å². The summed E-state index contributed by atoms with van der Waals surface area (Å²) >= 11 is 0. The molecule has 0 aliphatic rings. The Balaban J connectivity index is 1.82. The summed E-state index contributed by atoms with van der Waals surface area (Å²) in [6, 6.07) is 12.3. The minimum absolute atomic E-state index is 0.391. The molecule has 7 heteroatoms. The smallest absolute Gasteiger partial charge is 0.336 e. The Hall–Kier alpha value is -3.61. The van der Waals surface area contributed by atoms with Crippen LogP contribution in [0.2, 0.25) is 0 Å². The first kappa shape index (κ1) is 23.1. The number of aryl methyl sites for hydroxylation is 2. The fourth-order valence-electron chi connectivity index (χ4n) is 3.55. The lowest BCUT2D eigenvalue weighted by atomic mass is 10.0. The van der Waals surface area contributed by atoms with E-state index in [9.17, 15) is 19.5 Å². The van der Waals surface area contributed by atoms with Gasteiger partial charge < -0.3 is 19.6 Å². The molecule has 0 bridgehead atoms. The van der Waals surface area contributed by atoms with Gasteiger partial charge in [-0.25, -0.2) is 9.59 Å². The average molecular weight is 437 g/mol. The highest BCUT2D eigenvalue weighted by molar-refractivity contribution is 5.88. The minimum Gasteiger partial charge on any atom is -0.480 e. The first-order valence-corrected chi connectivity index (χ1v) is 10.6. The predicted molar refractivity (Wildman–Crippen MR) is 121 cm³/mol. The molecule has 0 saturated heterocycles. The van der Waals surface area contributed by atoms with Crippen LogP contribution in [0.25, 0.3) is 11.0 Å². The quantitative estimate of drug-likeness (QED) is 0.487. The van der Waals surface area contributed by atoms with Crippen LogP contribution in [0, 0.1) is 6.92 Å². The van der Waals surface area contributed by atoms with Crippen LogP contribution in [0.3, 0.4) is 0 Å². The second kappa shape index (κ2) is 10.1. The lowest BCUT2D eigenvalue weighted by Crippen LogP contribution is -2.41. The maximum Gasteiger partial charge on any atom is 0.336 e. The van der Waals surface area contributed by atoms with E-state index in [0.29, 0.717) is 22.5 Å². The van der Waals surface area contributed by atoms with E-state index < -0.39 is 29.6 Å². The highest BCUT2D eigenvalue weighted by Gasteiger charge is 2.26. The molecule has 2 aromatic carbocycles. The van der Waals surface area contributed by atoms with Crippen LogP contribution >= 0.6 is 0 Å². The molecule has 0 unspecified atom stereocenters. The fourth-order valence-corrected chi connectivity index (χ4v) is 3.55. The van der Waals surface area contributed by atoms with Gasteiger partial charge in [-0.3, -0.25) is 4.79 Å². The van der Waals surface area contributed by atoms with Gasteiger partial charge in [0.25, 0.3) is 5.91 Å². The van der Waals surface area contributed by atoms with Gasteiger partial charge in [-0.2, -0.15) is 0 Å². The Bertz CT molecular complexity index is 1170. The van der Waals surface area contributed by atoms with Crippen molar-refractivity contribution in [3.63, 3.8) is 0 Å². The number of hydrogen-bond donors (Lipinski definition) is 2. The monoisotopic (exact) mass is 437 g/mol. The van der Waals surface area contributed by atoms with E-state index >= 15 is 0 Å². The molecule has 0 fully saturated rings. The minimum atomic E-state index is -1.19. The van der Waals surface area contributed by atoms with Crippen molar-refractivity contribution in [2.75, 3.05) is 0 Å². The summed E-state index contributed by atoms with van der Waals surface area (Å²) in [6.45, 7) is 5.39. The van der Waals surface area contributed by atoms with Gasteiger partial charge in [-0.15, -0.1) is 0 Å². The number of rotatable bonds is 9. The Morgan fingerprint density at radius 2 is 1.88 bits per heavy atom. The Morgan fingerprint density at radius 3 is 2.53 bits per heavy atom. The van der Waals surface area contributed by atoms with Crippen molar-refractivity contribution in [1.82, 2.24) is 5.32 Å². The second-order valence-electron chi connectivity index (χ2n) is 7.71. The van der Waals surface area contributed by atoms with Crippen molar-refractivity contribution in [3.8, 4) is 5.75 Å². The first-order valence-electron chi connectivity index (χ1n) is 10.6. The number of carboxylic acid groups (broad SMARTS) is 1. The molecule has 0 saturated carbocycles. The molecule has 1 amide bonds. The molecule has 0 aliphatic carbocycles. The number of unbranched alkanes of at least 4 members (excludes halogenated alkanes) is 1. The van der Waals surface area contributed by atoms with Crippen molar-refractivity contribution in [3.05, 3.63) is 75.6 Å². The van der Waals surface area contributed by atoms with Crippen LogP contribution in [-0.2, 0) is 16.0 Å². The van der Waals surface area contributed by atoms with E-state index in [4.69, 9.17) is 9.15 Å². The highest BCUT2D eigenvalue weighted by Crippen LogP contribution is 2.30. The summed E-state index contributed by atoms with van der Waals surface area (Å²) in [5.74, 6) is -1.35. The standard InChI is InChI=1S/C25H27NO6/c1-4-5-9-18-14-21(27)32-23-15(2)20(13-12-19(18)23)31-16(3)24(28)26-22(25(29)30)17-10-7-6-8-11-17/h6-8,10-14,16,22H,4-5,9H2,1-3H3,(H,26,28)(H,29,30)/t16-,22-/m0/s1. The molecule has 32 heavy (non-hydrogen) atoms. The Kier molecular flexibility index (Phi) is 7.30. The van der Waals surface area contributed by atoms with Crippen LogP contribution in [0.4, 0.5) is 0 Å². The normalized spacial score (nSPS) is 12.8. The lowest BCUT2D eigenvalue weighted by Gasteiger charge is -2.20. The topological polar surface area (TPSA) is 106 Å². The van der Waals surface area contributed by atoms with Gasteiger partial charge in [0, 0.05) is 17.0 Å². The van der Waals surface area contributed by atoms with Crippen LogP contribution in [0.5, 0.6) is 5.75 Å². The summed E-state index contributed by atoms with van der Waals surface area (Å²) in [5, 5.41) is 12.9. The SMILES string of the molecule is CCCCc1cc(=O)oc2c(C)c(O[C@@H](C)C(=O)N[C@H](C(=O)O)c3ccccc3)ccc12. The zero-order chi connectivity index (χ0) is 23.3. The number of aliphatic carboxylic acids is 1. The molecular weight excluding hydrogens is 410 g/mol. The number of ether oxygens (including phenoxy) is 1. The molecule has 1 aromatic heterocycles. The third kappa shape index (κ3) is 5.17. The summed E-state index contributed by atoms with van der Waals surface area (Å²) in [5.41, 5.74) is 1.99. The van der Waals surface area contributed by atoms with Gasteiger partial charge in [0.2, 0.25) is 0 Å². The van der Waals surface area contributed by atoms with Gasteiger partial charge in [0.15, 0.2) is 12.1 Å². The number of benzene rings is 2. The molecule has 3 rings (SSSR count). The predicted octanol–water partition coefficient (Wildman–Crippen LogP) is 4.15. The van der Waals surface area contributed by atoms with E-state index in [2.05, 4.69) is 12.2 Å². The van der Waals surface area contributed by atoms with Gasteiger partial charge in [0.05, 0.1) is 0 Å². The number of hydrogen-bond acceptors (Lipinski definition) is 5. The maximum absolute atomic E-state index is 12.7.